The second-order valence-electron chi connectivity index (χ2n) is 5.53. The highest BCUT2D eigenvalue weighted by atomic mass is 32.2. The second-order valence-corrected chi connectivity index (χ2v) is 7.36. The normalized spacial score (nSPS) is 18.6. The molecule has 1 aliphatic heterocycles. The number of aliphatic carboxylic acids is 1. The lowest BCUT2D eigenvalue weighted by Crippen LogP contribution is -2.48. The van der Waals surface area contributed by atoms with E-state index < -0.39 is 22.0 Å². The van der Waals surface area contributed by atoms with Crippen LogP contribution >= 0.6 is 0 Å². The molecule has 1 N–H and O–H groups in total. The number of carbonyl (C=O) groups is 1. The zero-order valence-electron chi connectivity index (χ0n) is 12.7. The molecule has 3 rings (SSSR count). The number of carboxylic acid groups (broad SMARTS) is 1. The molecule has 1 atom stereocenters. The van der Waals surface area contributed by atoms with Gasteiger partial charge in [-0.1, -0.05) is 29.4 Å². The number of aryl methyl sites for hydroxylation is 2. The van der Waals surface area contributed by atoms with E-state index in [-0.39, 0.29) is 29.3 Å². The van der Waals surface area contributed by atoms with Gasteiger partial charge in [-0.2, -0.15) is 4.31 Å². The number of sulfonamides is 1. The number of carboxylic acids is 1. The van der Waals surface area contributed by atoms with E-state index in [0.29, 0.717) is 0 Å². The zero-order chi connectivity index (χ0) is 16.8. The minimum atomic E-state index is -4.02. The molecule has 2 heterocycles. The summed E-state index contributed by atoms with van der Waals surface area (Å²) in [6, 6.07) is 6.11. The minimum Gasteiger partial charge on any atom is -0.480 e. The second kappa shape index (κ2) is 5.47. The monoisotopic (exact) mass is 336 g/mol. The maximum Gasteiger partial charge on any atom is 0.322 e. The van der Waals surface area contributed by atoms with Gasteiger partial charge >= 0.3 is 5.97 Å². The number of aromatic nitrogens is 1. The lowest BCUT2D eigenvalue weighted by atomic mass is 9.96. The number of fused-ring (bicyclic) bond motifs is 1. The summed E-state index contributed by atoms with van der Waals surface area (Å²) in [6.07, 6.45) is 0.133. The van der Waals surface area contributed by atoms with Crippen molar-refractivity contribution in [1.29, 1.82) is 0 Å². The van der Waals surface area contributed by atoms with Crippen molar-refractivity contribution in [2.24, 2.45) is 0 Å². The summed E-state index contributed by atoms with van der Waals surface area (Å²) >= 11 is 0. The van der Waals surface area contributed by atoms with Crippen LogP contribution in [0.15, 0.2) is 33.7 Å². The fraction of sp³-hybridized carbons (Fsp3) is 0.333. The van der Waals surface area contributed by atoms with Crippen molar-refractivity contribution in [3.05, 3.63) is 46.8 Å². The largest absolute Gasteiger partial charge is 0.480 e. The Balaban J connectivity index is 2.12. The molecular weight excluding hydrogens is 320 g/mol. The summed E-state index contributed by atoms with van der Waals surface area (Å²) in [7, 11) is -4.02. The Morgan fingerprint density at radius 1 is 1.30 bits per heavy atom. The molecule has 1 aliphatic rings. The minimum absolute atomic E-state index is 0.0134. The van der Waals surface area contributed by atoms with Crippen molar-refractivity contribution < 1.29 is 22.8 Å². The van der Waals surface area contributed by atoms with Gasteiger partial charge in [-0.3, -0.25) is 4.79 Å². The SMILES string of the molecule is Cc1noc(C)c1S(=O)(=O)N1Cc2ccccc2C[C@H]1C(=O)O. The van der Waals surface area contributed by atoms with E-state index in [1.807, 2.05) is 18.2 Å². The summed E-state index contributed by atoms with van der Waals surface area (Å²) in [5, 5.41) is 13.2. The van der Waals surface area contributed by atoms with E-state index in [4.69, 9.17) is 4.52 Å². The maximum absolute atomic E-state index is 13.0. The third-order valence-electron chi connectivity index (χ3n) is 4.03. The van der Waals surface area contributed by atoms with Gasteiger partial charge in [0.05, 0.1) is 0 Å². The van der Waals surface area contributed by atoms with Gasteiger partial charge in [0.2, 0.25) is 10.0 Å². The van der Waals surface area contributed by atoms with Gasteiger partial charge in [-0.05, 0) is 25.0 Å². The van der Waals surface area contributed by atoms with Crippen molar-refractivity contribution in [1.82, 2.24) is 9.46 Å². The predicted octanol–water partition coefficient (Wildman–Crippen LogP) is 1.49. The molecule has 0 bridgehead atoms. The lowest BCUT2D eigenvalue weighted by Gasteiger charge is -2.33. The van der Waals surface area contributed by atoms with E-state index in [1.54, 1.807) is 6.07 Å². The third-order valence-corrected chi connectivity index (χ3v) is 6.12. The first-order valence-electron chi connectivity index (χ1n) is 7.06. The van der Waals surface area contributed by atoms with Crippen LogP contribution in [0, 0.1) is 13.8 Å². The Hall–Kier alpha value is -2.19. The first-order valence-corrected chi connectivity index (χ1v) is 8.50. The molecule has 1 aromatic carbocycles. The van der Waals surface area contributed by atoms with Crippen LogP contribution in [0.2, 0.25) is 0 Å². The molecule has 0 radical (unpaired) electrons. The van der Waals surface area contributed by atoms with E-state index in [1.165, 1.54) is 13.8 Å². The Bertz CT molecular complexity index is 852. The van der Waals surface area contributed by atoms with E-state index >= 15 is 0 Å². The molecule has 0 fully saturated rings. The summed E-state index contributed by atoms with van der Waals surface area (Å²) in [5.74, 6) is -1.01. The Morgan fingerprint density at radius 2 is 1.96 bits per heavy atom. The Morgan fingerprint density at radius 3 is 2.52 bits per heavy atom. The zero-order valence-corrected chi connectivity index (χ0v) is 13.5. The van der Waals surface area contributed by atoms with Crippen molar-refractivity contribution in [3.63, 3.8) is 0 Å². The molecular formula is C15H16N2O5S. The molecule has 8 heteroatoms. The van der Waals surface area contributed by atoms with Gasteiger partial charge in [0.15, 0.2) is 5.76 Å². The standard InChI is InChI=1S/C15H16N2O5S/c1-9-14(10(2)22-16-9)23(20,21)17-8-12-6-4-3-5-11(12)7-13(17)15(18)19/h3-6,13H,7-8H2,1-2H3,(H,18,19)/t13-/m0/s1. The van der Waals surface area contributed by atoms with Crippen molar-refractivity contribution >= 4 is 16.0 Å². The van der Waals surface area contributed by atoms with Crippen LogP contribution in [0.5, 0.6) is 0 Å². The van der Waals surface area contributed by atoms with Crippen molar-refractivity contribution in [2.75, 3.05) is 0 Å². The fourth-order valence-corrected chi connectivity index (χ4v) is 4.78. The number of benzene rings is 1. The summed E-state index contributed by atoms with van der Waals surface area (Å²) in [6.45, 7) is 3.04. The van der Waals surface area contributed by atoms with E-state index in [2.05, 4.69) is 5.16 Å². The van der Waals surface area contributed by atoms with Crippen LogP contribution in [0.1, 0.15) is 22.6 Å². The van der Waals surface area contributed by atoms with Crippen LogP contribution in [0.3, 0.4) is 0 Å². The molecule has 0 spiro atoms. The molecule has 0 saturated carbocycles. The van der Waals surface area contributed by atoms with Gasteiger partial charge in [-0.25, -0.2) is 8.42 Å². The number of nitrogens with zero attached hydrogens (tertiary/aromatic N) is 2. The molecule has 7 nitrogen and oxygen atoms in total. The molecule has 0 saturated heterocycles. The van der Waals surface area contributed by atoms with Crippen LogP contribution in [-0.4, -0.2) is 35.0 Å². The van der Waals surface area contributed by atoms with Gasteiger partial charge in [0, 0.05) is 13.0 Å². The fourth-order valence-electron chi connectivity index (χ4n) is 2.92. The van der Waals surface area contributed by atoms with Crippen molar-refractivity contribution in [3.8, 4) is 0 Å². The molecule has 0 amide bonds. The quantitative estimate of drug-likeness (QED) is 0.911. The molecule has 1 aromatic heterocycles. The highest BCUT2D eigenvalue weighted by Crippen LogP contribution is 2.31. The third kappa shape index (κ3) is 2.53. The number of rotatable bonds is 3. The highest BCUT2D eigenvalue weighted by Gasteiger charge is 2.41. The molecule has 0 unspecified atom stereocenters. The van der Waals surface area contributed by atoms with Gasteiger partial charge in [0.1, 0.15) is 16.6 Å². The van der Waals surface area contributed by atoms with E-state index in [0.717, 1.165) is 15.4 Å². The average molecular weight is 336 g/mol. The predicted molar refractivity (Wildman–Crippen MR) is 80.3 cm³/mol. The van der Waals surface area contributed by atoms with Crippen molar-refractivity contribution in [2.45, 2.75) is 37.8 Å². The topological polar surface area (TPSA) is 101 Å². The molecule has 23 heavy (non-hydrogen) atoms. The Kier molecular flexibility index (Phi) is 3.73. The maximum atomic E-state index is 13.0. The molecule has 2 aromatic rings. The number of hydrogen-bond acceptors (Lipinski definition) is 5. The average Bonchev–Trinajstić information content (AvgIpc) is 2.85. The number of hydrogen-bond donors (Lipinski definition) is 1. The first kappa shape index (κ1) is 15.7. The summed E-state index contributed by atoms with van der Waals surface area (Å²) in [4.78, 5) is 11.6. The molecule has 122 valence electrons. The Labute approximate surface area is 133 Å². The summed E-state index contributed by atoms with van der Waals surface area (Å²) < 4.78 is 31.9. The van der Waals surface area contributed by atoms with Gasteiger partial charge in [-0.15, -0.1) is 0 Å². The molecule has 0 aliphatic carbocycles. The van der Waals surface area contributed by atoms with Gasteiger partial charge in [0.25, 0.3) is 0 Å². The van der Waals surface area contributed by atoms with Crippen LogP contribution in [0.25, 0.3) is 0 Å². The summed E-state index contributed by atoms with van der Waals surface area (Å²) in [5.41, 5.74) is 1.89. The first-order chi connectivity index (χ1) is 10.8. The van der Waals surface area contributed by atoms with Gasteiger partial charge < -0.3 is 9.63 Å². The lowest BCUT2D eigenvalue weighted by molar-refractivity contribution is -0.141. The van der Waals surface area contributed by atoms with Crippen LogP contribution in [-0.2, 0) is 27.8 Å². The smallest absolute Gasteiger partial charge is 0.322 e. The van der Waals surface area contributed by atoms with Crippen LogP contribution < -0.4 is 0 Å². The van der Waals surface area contributed by atoms with Crippen LogP contribution in [0.4, 0.5) is 0 Å². The van der Waals surface area contributed by atoms with E-state index in [9.17, 15) is 18.3 Å². The highest BCUT2D eigenvalue weighted by molar-refractivity contribution is 7.89.